The second-order valence-electron chi connectivity index (χ2n) is 4.80. The molecule has 1 aromatic carbocycles. The molecule has 0 saturated carbocycles. The third-order valence-electron chi connectivity index (χ3n) is 3.40. The van der Waals surface area contributed by atoms with Crippen LogP contribution >= 0.6 is 0 Å². The van der Waals surface area contributed by atoms with Gasteiger partial charge < -0.3 is 14.6 Å². The van der Waals surface area contributed by atoms with E-state index in [-0.39, 0.29) is 17.6 Å². The van der Waals surface area contributed by atoms with Gasteiger partial charge in [-0.15, -0.1) is 0 Å². The van der Waals surface area contributed by atoms with Crippen LogP contribution in [0.15, 0.2) is 42.7 Å². The summed E-state index contributed by atoms with van der Waals surface area (Å²) < 4.78 is 20.4. The number of ether oxygens (including phenoxy) is 1. The van der Waals surface area contributed by atoms with Crippen molar-refractivity contribution in [2.75, 3.05) is 18.5 Å². The number of anilines is 1. The summed E-state index contributed by atoms with van der Waals surface area (Å²) in [5, 5.41) is 2.86. The molecule has 2 heterocycles. The molecule has 1 aromatic heterocycles. The molecule has 3 rings (SSSR count). The van der Waals surface area contributed by atoms with Crippen LogP contribution < -0.4 is 5.32 Å². The van der Waals surface area contributed by atoms with Crippen LogP contribution in [-0.2, 0) is 9.53 Å². The molecule has 0 bridgehead atoms. The molecule has 0 aliphatic carbocycles. The molecule has 1 N–H and O–H groups in total. The number of aromatic nitrogens is 1. The fraction of sp³-hybridized carbons (Fsp3) is 0.267. The van der Waals surface area contributed by atoms with Gasteiger partial charge in [0, 0.05) is 19.0 Å². The molecule has 4 nitrogen and oxygen atoms in total. The highest BCUT2D eigenvalue weighted by Gasteiger charge is 2.24. The Kier molecular flexibility index (Phi) is 3.52. The van der Waals surface area contributed by atoms with E-state index in [0.29, 0.717) is 24.6 Å². The van der Waals surface area contributed by atoms with E-state index in [1.54, 1.807) is 10.6 Å². The van der Waals surface area contributed by atoms with Crippen LogP contribution in [0.1, 0.15) is 6.42 Å². The van der Waals surface area contributed by atoms with Gasteiger partial charge in [-0.3, -0.25) is 4.79 Å². The maximum atomic E-state index is 13.4. The first-order chi connectivity index (χ1) is 9.74. The number of benzene rings is 1. The summed E-state index contributed by atoms with van der Waals surface area (Å²) in [5.74, 6) is -0.545. The molecule has 0 radical (unpaired) electrons. The lowest BCUT2D eigenvalue weighted by Gasteiger charge is -2.14. The molecule has 0 unspecified atom stereocenters. The number of amides is 1. The van der Waals surface area contributed by atoms with Crippen molar-refractivity contribution in [2.45, 2.75) is 6.42 Å². The molecule has 20 heavy (non-hydrogen) atoms. The Balaban J connectivity index is 1.87. The van der Waals surface area contributed by atoms with E-state index in [1.165, 1.54) is 12.1 Å². The van der Waals surface area contributed by atoms with Gasteiger partial charge in [0.05, 0.1) is 23.9 Å². The molecule has 2 aromatic rings. The van der Waals surface area contributed by atoms with Crippen molar-refractivity contribution in [3.8, 4) is 5.69 Å². The summed E-state index contributed by atoms with van der Waals surface area (Å²) in [5.41, 5.74) is 1.21. The number of carbonyl (C=O) groups is 1. The highest BCUT2D eigenvalue weighted by Crippen LogP contribution is 2.23. The maximum Gasteiger partial charge on any atom is 0.229 e. The Labute approximate surface area is 116 Å². The average molecular weight is 274 g/mol. The summed E-state index contributed by atoms with van der Waals surface area (Å²) in [6.45, 7) is 1.07. The molecular weight excluding hydrogens is 259 g/mol. The quantitative estimate of drug-likeness (QED) is 0.935. The normalized spacial score (nSPS) is 18.1. The topological polar surface area (TPSA) is 43.3 Å². The van der Waals surface area contributed by atoms with Gasteiger partial charge in [-0.05, 0) is 36.8 Å². The minimum Gasteiger partial charge on any atom is -0.381 e. The predicted molar refractivity (Wildman–Crippen MR) is 73.3 cm³/mol. The molecule has 1 amide bonds. The van der Waals surface area contributed by atoms with Crippen LogP contribution in [-0.4, -0.2) is 23.7 Å². The van der Waals surface area contributed by atoms with Crippen LogP contribution in [0.4, 0.5) is 10.1 Å². The Morgan fingerprint density at radius 1 is 1.35 bits per heavy atom. The number of hydrogen-bond acceptors (Lipinski definition) is 2. The summed E-state index contributed by atoms with van der Waals surface area (Å²) in [7, 11) is 0. The molecule has 5 heteroatoms. The molecule has 1 atom stereocenters. The van der Waals surface area contributed by atoms with Gasteiger partial charge in [0.1, 0.15) is 5.82 Å². The molecular formula is C15H15FN2O2. The van der Waals surface area contributed by atoms with E-state index < -0.39 is 0 Å². The third-order valence-corrected chi connectivity index (χ3v) is 3.40. The fourth-order valence-corrected chi connectivity index (χ4v) is 2.30. The van der Waals surface area contributed by atoms with Crippen molar-refractivity contribution in [1.82, 2.24) is 4.57 Å². The summed E-state index contributed by atoms with van der Waals surface area (Å²) in [6, 6.07) is 8.02. The zero-order chi connectivity index (χ0) is 13.9. The van der Waals surface area contributed by atoms with Crippen LogP contribution in [0.3, 0.4) is 0 Å². The smallest absolute Gasteiger partial charge is 0.229 e. The summed E-state index contributed by atoms with van der Waals surface area (Å²) in [6.07, 6.45) is 4.35. The van der Waals surface area contributed by atoms with E-state index in [1.807, 2.05) is 24.5 Å². The van der Waals surface area contributed by atoms with E-state index in [0.717, 1.165) is 6.42 Å². The SMILES string of the molecule is O=C(Nc1ccc(F)cc1-n1cccc1)[C@@H]1CCOC1. The predicted octanol–water partition coefficient (Wildman–Crippen LogP) is 2.59. The lowest BCUT2D eigenvalue weighted by Crippen LogP contribution is -2.23. The second-order valence-corrected chi connectivity index (χ2v) is 4.80. The molecule has 0 spiro atoms. The second kappa shape index (κ2) is 5.46. The first-order valence-electron chi connectivity index (χ1n) is 6.55. The zero-order valence-corrected chi connectivity index (χ0v) is 10.9. The van der Waals surface area contributed by atoms with E-state index >= 15 is 0 Å². The lowest BCUT2D eigenvalue weighted by atomic mass is 10.1. The van der Waals surface area contributed by atoms with E-state index in [2.05, 4.69) is 5.32 Å². The summed E-state index contributed by atoms with van der Waals surface area (Å²) in [4.78, 5) is 12.1. The minimum absolute atomic E-state index is 0.0810. The van der Waals surface area contributed by atoms with Crippen molar-refractivity contribution in [1.29, 1.82) is 0 Å². The highest BCUT2D eigenvalue weighted by molar-refractivity contribution is 5.94. The minimum atomic E-state index is -0.337. The molecule has 1 saturated heterocycles. The van der Waals surface area contributed by atoms with Gasteiger partial charge >= 0.3 is 0 Å². The standard InChI is InChI=1S/C15H15FN2O2/c16-12-3-4-13(14(9-12)18-6-1-2-7-18)17-15(19)11-5-8-20-10-11/h1-4,6-7,9,11H,5,8,10H2,(H,17,19)/t11-/m1/s1. The third kappa shape index (κ3) is 2.58. The van der Waals surface area contributed by atoms with Crippen molar-refractivity contribution >= 4 is 11.6 Å². The number of nitrogens with zero attached hydrogens (tertiary/aromatic N) is 1. The first kappa shape index (κ1) is 12.9. The zero-order valence-electron chi connectivity index (χ0n) is 10.9. The van der Waals surface area contributed by atoms with E-state index in [9.17, 15) is 9.18 Å². The molecule has 1 aliphatic rings. The Hall–Kier alpha value is -2.14. The Morgan fingerprint density at radius 3 is 2.85 bits per heavy atom. The van der Waals surface area contributed by atoms with Gasteiger partial charge in [0.25, 0.3) is 0 Å². The van der Waals surface area contributed by atoms with Gasteiger partial charge in [0.15, 0.2) is 0 Å². The number of rotatable bonds is 3. The maximum absolute atomic E-state index is 13.4. The van der Waals surface area contributed by atoms with Crippen LogP contribution in [0.25, 0.3) is 5.69 Å². The Bertz CT molecular complexity index is 604. The van der Waals surface area contributed by atoms with Gasteiger partial charge in [-0.25, -0.2) is 4.39 Å². The van der Waals surface area contributed by atoms with Crippen LogP contribution in [0.5, 0.6) is 0 Å². The molecule has 104 valence electrons. The number of hydrogen-bond donors (Lipinski definition) is 1. The molecule has 1 fully saturated rings. The molecule has 1 aliphatic heterocycles. The van der Waals surface area contributed by atoms with E-state index in [4.69, 9.17) is 4.74 Å². The largest absolute Gasteiger partial charge is 0.381 e. The van der Waals surface area contributed by atoms with Crippen molar-refractivity contribution in [3.05, 3.63) is 48.5 Å². The van der Waals surface area contributed by atoms with Crippen LogP contribution in [0, 0.1) is 11.7 Å². The highest BCUT2D eigenvalue weighted by atomic mass is 19.1. The van der Waals surface area contributed by atoms with Crippen molar-refractivity contribution in [3.63, 3.8) is 0 Å². The van der Waals surface area contributed by atoms with Gasteiger partial charge in [-0.1, -0.05) is 0 Å². The number of carbonyl (C=O) groups excluding carboxylic acids is 1. The van der Waals surface area contributed by atoms with Crippen molar-refractivity contribution < 1.29 is 13.9 Å². The summed E-state index contributed by atoms with van der Waals surface area (Å²) >= 11 is 0. The first-order valence-corrected chi connectivity index (χ1v) is 6.55. The monoisotopic (exact) mass is 274 g/mol. The van der Waals surface area contributed by atoms with Gasteiger partial charge in [0.2, 0.25) is 5.91 Å². The lowest BCUT2D eigenvalue weighted by molar-refractivity contribution is -0.119. The average Bonchev–Trinajstić information content (AvgIpc) is 3.13. The van der Waals surface area contributed by atoms with Crippen LogP contribution in [0.2, 0.25) is 0 Å². The van der Waals surface area contributed by atoms with Crippen molar-refractivity contribution in [2.24, 2.45) is 5.92 Å². The number of halogens is 1. The fourth-order valence-electron chi connectivity index (χ4n) is 2.30. The number of nitrogens with one attached hydrogen (secondary N) is 1. The van der Waals surface area contributed by atoms with Gasteiger partial charge in [-0.2, -0.15) is 0 Å². The Morgan fingerprint density at radius 2 is 2.15 bits per heavy atom.